The molecule has 0 unspecified atom stereocenters. The molecule has 0 bridgehead atoms. The molecular formula is C10H9ClO3. The fourth-order valence-corrected chi connectivity index (χ4v) is 1.52. The van der Waals surface area contributed by atoms with E-state index in [-0.39, 0.29) is 21.9 Å². The van der Waals surface area contributed by atoms with Gasteiger partial charge in [0.15, 0.2) is 12.1 Å². The topological polar surface area (TPSA) is 43.4 Å². The highest BCUT2D eigenvalue weighted by Gasteiger charge is 2.15. The van der Waals surface area contributed by atoms with Crippen LogP contribution < -0.4 is 4.74 Å². The van der Waals surface area contributed by atoms with Gasteiger partial charge in [0.2, 0.25) is 0 Å². The summed E-state index contributed by atoms with van der Waals surface area (Å²) >= 11 is 5.80. The van der Waals surface area contributed by atoms with E-state index in [0.29, 0.717) is 12.0 Å². The summed E-state index contributed by atoms with van der Waals surface area (Å²) in [5.41, 5.74) is 0.411. The first-order valence-electron chi connectivity index (χ1n) is 3.94. The lowest BCUT2D eigenvalue weighted by Crippen LogP contribution is -2.02. The summed E-state index contributed by atoms with van der Waals surface area (Å²) in [5, 5.41) is 0.264. The van der Waals surface area contributed by atoms with Gasteiger partial charge in [-0.25, -0.2) is 0 Å². The number of Topliss-reactive ketones (excluding diaryl/α,β-unsaturated/α-hetero) is 1. The van der Waals surface area contributed by atoms with Crippen LogP contribution in [0.4, 0.5) is 0 Å². The van der Waals surface area contributed by atoms with Gasteiger partial charge in [0.1, 0.15) is 5.75 Å². The average Bonchev–Trinajstić information content (AvgIpc) is 2.16. The van der Waals surface area contributed by atoms with E-state index in [1.807, 2.05) is 0 Å². The SMILES string of the molecule is COc1ccc(Cl)c(C(C)=O)c1C=O. The molecule has 0 spiro atoms. The fraction of sp³-hybridized carbons (Fsp3) is 0.200. The molecule has 0 saturated carbocycles. The number of hydrogen-bond donors (Lipinski definition) is 0. The zero-order valence-electron chi connectivity index (χ0n) is 7.83. The summed E-state index contributed by atoms with van der Waals surface area (Å²) in [4.78, 5) is 22.0. The van der Waals surface area contributed by atoms with Crippen molar-refractivity contribution in [2.24, 2.45) is 0 Å². The molecule has 3 nitrogen and oxygen atoms in total. The number of benzene rings is 1. The van der Waals surface area contributed by atoms with Crippen LogP contribution in [0.1, 0.15) is 27.6 Å². The summed E-state index contributed by atoms with van der Waals surface area (Å²) in [6.07, 6.45) is 0.571. The van der Waals surface area contributed by atoms with Gasteiger partial charge >= 0.3 is 0 Å². The molecule has 14 heavy (non-hydrogen) atoms. The highest BCUT2D eigenvalue weighted by Crippen LogP contribution is 2.27. The highest BCUT2D eigenvalue weighted by atomic mass is 35.5. The van der Waals surface area contributed by atoms with Crippen LogP contribution in [0.5, 0.6) is 5.75 Å². The Hall–Kier alpha value is -1.35. The third-order valence-corrected chi connectivity index (χ3v) is 2.16. The predicted octanol–water partition coefficient (Wildman–Crippen LogP) is 2.36. The van der Waals surface area contributed by atoms with Crippen molar-refractivity contribution in [2.45, 2.75) is 6.92 Å². The number of halogens is 1. The Morgan fingerprint density at radius 1 is 1.50 bits per heavy atom. The van der Waals surface area contributed by atoms with Crippen molar-refractivity contribution in [3.8, 4) is 5.75 Å². The molecule has 0 aliphatic rings. The lowest BCUT2D eigenvalue weighted by molar-refractivity contribution is 0.100. The third-order valence-electron chi connectivity index (χ3n) is 1.84. The molecule has 1 aromatic rings. The zero-order valence-corrected chi connectivity index (χ0v) is 8.59. The molecule has 0 saturated heterocycles. The van der Waals surface area contributed by atoms with Crippen molar-refractivity contribution in [3.05, 3.63) is 28.3 Å². The molecule has 4 heteroatoms. The van der Waals surface area contributed by atoms with Crippen molar-refractivity contribution in [1.29, 1.82) is 0 Å². The van der Waals surface area contributed by atoms with Gasteiger partial charge < -0.3 is 4.74 Å². The summed E-state index contributed by atoms with van der Waals surface area (Å²) in [6, 6.07) is 3.09. The van der Waals surface area contributed by atoms with Crippen molar-refractivity contribution in [2.75, 3.05) is 7.11 Å². The Labute approximate surface area is 86.6 Å². The van der Waals surface area contributed by atoms with Crippen LogP contribution in [-0.4, -0.2) is 19.2 Å². The number of carbonyl (C=O) groups excluding carboxylic acids is 2. The quantitative estimate of drug-likeness (QED) is 0.571. The van der Waals surface area contributed by atoms with E-state index in [9.17, 15) is 9.59 Å². The van der Waals surface area contributed by atoms with E-state index in [0.717, 1.165) is 0 Å². The fourth-order valence-electron chi connectivity index (χ4n) is 1.23. The molecule has 0 N–H and O–H groups in total. The first kappa shape index (κ1) is 10.7. The van der Waals surface area contributed by atoms with Crippen molar-refractivity contribution in [3.63, 3.8) is 0 Å². The van der Waals surface area contributed by atoms with E-state index in [2.05, 4.69) is 0 Å². The Bertz CT molecular complexity index is 385. The Morgan fingerprint density at radius 3 is 2.57 bits per heavy atom. The first-order valence-corrected chi connectivity index (χ1v) is 4.32. The number of aldehydes is 1. The second-order valence-electron chi connectivity index (χ2n) is 2.71. The van der Waals surface area contributed by atoms with Crippen LogP contribution in [0, 0.1) is 0 Å². The van der Waals surface area contributed by atoms with Crippen LogP contribution in [0.15, 0.2) is 12.1 Å². The molecule has 0 amide bonds. The van der Waals surface area contributed by atoms with Crippen molar-refractivity contribution >= 4 is 23.7 Å². The molecule has 0 aromatic heterocycles. The molecule has 74 valence electrons. The molecule has 0 aliphatic heterocycles. The summed E-state index contributed by atoms with van der Waals surface area (Å²) in [5.74, 6) is 0.102. The molecule has 0 radical (unpaired) electrons. The van der Waals surface area contributed by atoms with Gasteiger partial charge in [-0.1, -0.05) is 11.6 Å². The zero-order chi connectivity index (χ0) is 10.7. The number of carbonyl (C=O) groups is 2. The lowest BCUT2D eigenvalue weighted by atomic mass is 10.0. The summed E-state index contributed by atoms with van der Waals surface area (Å²) in [6.45, 7) is 1.35. The molecule has 0 aliphatic carbocycles. The highest BCUT2D eigenvalue weighted by molar-refractivity contribution is 6.34. The Kier molecular flexibility index (Phi) is 3.25. The van der Waals surface area contributed by atoms with Crippen molar-refractivity contribution < 1.29 is 14.3 Å². The summed E-state index contributed by atoms with van der Waals surface area (Å²) in [7, 11) is 1.43. The van der Waals surface area contributed by atoms with Crippen LogP contribution in [0.25, 0.3) is 0 Å². The van der Waals surface area contributed by atoms with Gasteiger partial charge in [-0.05, 0) is 19.1 Å². The largest absolute Gasteiger partial charge is 0.496 e. The van der Waals surface area contributed by atoms with Gasteiger partial charge in [-0.15, -0.1) is 0 Å². The van der Waals surface area contributed by atoms with Crippen LogP contribution in [0.2, 0.25) is 5.02 Å². The van der Waals surface area contributed by atoms with Crippen molar-refractivity contribution in [1.82, 2.24) is 0 Å². The van der Waals surface area contributed by atoms with Gasteiger partial charge in [0.05, 0.1) is 23.3 Å². The second kappa shape index (κ2) is 4.24. The van der Waals surface area contributed by atoms with Gasteiger partial charge in [-0.2, -0.15) is 0 Å². The van der Waals surface area contributed by atoms with Crippen LogP contribution in [0.3, 0.4) is 0 Å². The molecule has 1 rings (SSSR count). The molecule has 0 fully saturated rings. The number of hydrogen-bond acceptors (Lipinski definition) is 3. The average molecular weight is 213 g/mol. The molecular weight excluding hydrogens is 204 g/mol. The number of methoxy groups -OCH3 is 1. The maximum Gasteiger partial charge on any atom is 0.162 e. The maximum atomic E-state index is 11.2. The lowest BCUT2D eigenvalue weighted by Gasteiger charge is -2.08. The monoisotopic (exact) mass is 212 g/mol. The van der Waals surface area contributed by atoms with Gasteiger partial charge in [-0.3, -0.25) is 9.59 Å². The van der Waals surface area contributed by atoms with E-state index in [1.165, 1.54) is 20.1 Å². The minimum absolute atomic E-state index is 0.201. The second-order valence-corrected chi connectivity index (χ2v) is 3.12. The molecule has 0 atom stereocenters. The standard InChI is InChI=1S/C10H9ClO3/c1-6(13)10-7(5-12)9(14-2)4-3-8(10)11/h3-5H,1-2H3. The third kappa shape index (κ3) is 1.77. The molecule has 0 heterocycles. The number of ether oxygens (including phenoxy) is 1. The van der Waals surface area contributed by atoms with Crippen LogP contribution >= 0.6 is 11.6 Å². The Balaban J connectivity index is 3.50. The minimum Gasteiger partial charge on any atom is -0.496 e. The predicted molar refractivity (Wildman–Crippen MR) is 53.4 cm³/mol. The number of rotatable bonds is 3. The Morgan fingerprint density at radius 2 is 2.14 bits per heavy atom. The van der Waals surface area contributed by atoms with E-state index in [4.69, 9.17) is 16.3 Å². The van der Waals surface area contributed by atoms with E-state index in [1.54, 1.807) is 6.07 Å². The smallest absolute Gasteiger partial charge is 0.162 e. The van der Waals surface area contributed by atoms with Crippen LogP contribution in [-0.2, 0) is 0 Å². The number of ketones is 1. The maximum absolute atomic E-state index is 11.2. The van der Waals surface area contributed by atoms with E-state index >= 15 is 0 Å². The van der Waals surface area contributed by atoms with Gasteiger partial charge in [0, 0.05) is 0 Å². The normalized spacial score (nSPS) is 9.64. The first-order chi connectivity index (χ1) is 6.61. The minimum atomic E-state index is -0.254. The van der Waals surface area contributed by atoms with E-state index < -0.39 is 0 Å². The summed E-state index contributed by atoms with van der Waals surface area (Å²) < 4.78 is 4.94. The van der Waals surface area contributed by atoms with Gasteiger partial charge in [0.25, 0.3) is 0 Å². The molecule has 1 aromatic carbocycles.